The van der Waals surface area contributed by atoms with E-state index in [0.29, 0.717) is 0 Å². The molecule has 0 aliphatic heterocycles. The lowest BCUT2D eigenvalue weighted by Crippen LogP contribution is -2.56. The number of benzene rings is 1. The van der Waals surface area contributed by atoms with Gasteiger partial charge in [0.1, 0.15) is 11.0 Å². The number of nitro benzene ring substituents is 1. The Morgan fingerprint density at radius 2 is 1.65 bits per heavy atom. The van der Waals surface area contributed by atoms with Crippen LogP contribution in [-0.2, 0) is 10.0 Å². The number of nitrogens with zero attached hydrogens (tertiary/aromatic N) is 1. The molecule has 0 aromatic heterocycles. The van der Waals surface area contributed by atoms with Crippen LogP contribution in [0, 0.1) is 10.1 Å². The lowest BCUT2D eigenvalue weighted by atomic mass is 10.3. The van der Waals surface area contributed by atoms with Crippen molar-refractivity contribution in [1.29, 1.82) is 0 Å². The van der Waals surface area contributed by atoms with Crippen molar-refractivity contribution in [1.82, 2.24) is 0 Å². The Bertz CT molecular complexity index is 505. The second-order valence-electron chi connectivity index (χ2n) is 2.68. The summed E-state index contributed by atoms with van der Waals surface area (Å²) in [5.41, 5.74) is 3.77. The van der Waals surface area contributed by atoms with E-state index in [4.69, 9.17) is 9.90 Å². The van der Waals surface area contributed by atoms with Crippen LogP contribution in [0.2, 0.25) is 0 Å². The molecule has 1 aromatic rings. The highest BCUT2D eigenvalue weighted by atomic mass is 32.2. The second-order valence-corrected chi connectivity index (χ2v) is 4.39. The lowest BCUT2D eigenvalue weighted by molar-refractivity contribution is -0.384. The smallest absolute Gasteiger partial charge is 0.322 e. The highest BCUT2D eigenvalue weighted by Crippen LogP contribution is 2.13. The summed E-state index contributed by atoms with van der Waals surface area (Å²) in [6.45, 7) is 0. The highest BCUT2D eigenvalue weighted by Gasteiger charge is 2.13. The first-order valence-electron chi connectivity index (χ1n) is 3.93. The third-order valence-electron chi connectivity index (χ3n) is 1.41. The summed E-state index contributed by atoms with van der Waals surface area (Å²) in [5, 5.41) is 21.8. The molecular weight excluding hydrogens is 254 g/mol. The third kappa shape index (κ3) is 6.06. The van der Waals surface area contributed by atoms with Gasteiger partial charge in [0.15, 0.2) is 0 Å². The van der Waals surface area contributed by atoms with Crippen molar-refractivity contribution in [2.45, 2.75) is 4.90 Å². The molecule has 10 heteroatoms. The van der Waals surface area contributed by atoms with E-state index in [0.717, 1.165) is 24.3 Å². The summed E-state index contributed by atoms with van der Waals surface area (Å²) in [4.78, 5) is 18.2. The van der Waals surface area contributed by atoms with Gasteiger partial charge in [-0.15, -0.1) is 0 Å². The van der Waals surface area contributed by atoms with Gasteiger partial charge in [0.2, 0.25) is 0 Å². The van der Waals surface area contributed by atoms with Gasteiger partial charge in [-0.2, -0.15) is 8.42 Å². The van der Waals surface area contributed by atoms with Gasteiger partial charge in [-0.25, -0.2) is 5.14 Å². The molecule has 5 N–H and O–H groups in total. The first-order chi connectivity index (χ1) is 7.64. The molecule has 0 radical (unpaired) electrons. The fourth-order valence-corrected chi connectivity index (χ4v) is 1.33. The van der Waals surface area contributed by atoms with Crippen molar-refractivity contribution in [2.75, 3.05) is 0 Å². The van der Waals surface area contributed by atoms with E-state index in [1.807, 2.05) is 0 Å². The Morgan fingerprint density at radius 3 is 1.88 bits per heavy atom. The van der Waals surface area contributed by atoms with E-state index in [1.165, 1.54) is 0 Å². The molecule has 0 heterocycles. The summed E-state index contributed by atoms with van der Waals surface area (Å²) in [5.74, 6) is 0. The molecular formula is C7H9N3O6S. The minimum atomic E-state index is -3.52. The third-order valence-corrected chi connectivity index (χ3v) is 2.40. The first kappa shape index (κ1) is 14.8. The summed E-state index contributed by atoms with van der Waals surface area (Å²) >= 11 is 0. The predicted molar refractivity (Wildman–Crippen MR) is 52.8 cm³/mol. The number of rotatable bonds is 2. The molecule has 0 aliphatic rings. The number of quaternary nitrogens is 1. The monoisotopic (exact) mass is 263 g/mol. The Morgan fingerprint density at radius 1 is 1.29 bits per heavy atom. The predicted octanol–water partition coefficient (Wildman–Crippen LogP) is -2.19. The number of amides is 1. The molecule has 0 spiro atoms. The SMILES string of the molecule is NC(=O)[O-].[NH3+]S(=O)(=O)c1ccc([N+](=O)[O-])cc1. The summed E-state index contributed by atoms with van der Waals surface area (Å²) in [6, 6.07) is 4.55. The van der Waals surface area contributed by atoms with Gasteiger partial charge in [-0.1, -0.05) is 0 Å². The molecule has 0 fully saturated rings. The van der Waals surface area contributed by atoms with Crippen molar-refractivity contribution in [3.63, 3.8) is 0 Å². The van der Waals surface area contributed by atoms with Gasteiger partial charge in [-0.05, 0) is 12.1 Å². The zero-order valence-electron chi connectivity index (χ0n) is 8.40. The van der Waals surface area contributed by atoms with Gasteiger partial charge >= 0.3 is 10.0 Å². The van der Waals surface area contributed by atoms with Gasteiger partial charge < -0.3 is 15.6 Å². The van der Waals surface area contributed by atoms with Crippen LogP contribution in [0.15, 0.2) is 29.2 Å². The Hall–Kier alpha value is -2.20. The normalized spacial score (nSPS) is 9.94. The van der Waals surface area contributed by atoms with Gasteiger partial charge in [0.05, 0.1) is 4.92 Å². The van der Waals surface area contributed by atoms with Crippen LogP contribution in [-0.4, -0.2) is 19.4 Å². The zero-order chi connectivity index (χ0) is 13.6. The summed E-state index contributed by atoms with van der Waals surface area (Å²) in [7, 11) is -3.52. The van der Waals surface area contributed by atoms with Crippen LogP contribution in [0.5, 0.6) is 0 Å². The van der Waals surface area contributed by atoms with Gasteiger partial charge in [0.25, 0.3) is 5.69 Å². The maximum absolute atomic E-state index is 10.8. The number of carbonyl (C=O) groups is 1. The minimum Gasteiger partial charge on any atom is -0.530 e. The molecule has 0 saturated carbocycles. The van der Waals surface area contributed by atoms with Crippen molar-refractivity contribution in [2.24, 2.45) is 5.73 Å². The zero-order valence-corrected chi connectivity index (χ0v) is 9.22. The first-order valence-corrected chi connectivity index (χ1v) is 5.59. The molecule has 0 aliphatic carbocycles. The molecule has 17 heavy (non-hydrogen) atoms. The van der Waals surface area contributed by atoms with Crippen molar-refractivity contribution in [3.8, 4) is 0 Å². The van der Waals surface area contributed by atoms with Gasteiger partial charge in [-0.3, -0.25) is 10.1 Å². The Labute approximate surface area is 95.9 Å². The lowest BCUT2D eigenvalue weighted by Gasteiger charge is -1.93. The summed E-state index contributed by atoms with van der Waals surface area (Å²) in [6.07, 6.45) is -1.58. The number of carboxylic acid groups (broad SMARTS) is 1. The fourth-order valence-electron chi connectivity index (χ4n) is 0.775. The Kier molecular flexibility index (Phi) is 5.02. The molecule has 0 atom stereocenters. The molecule has 1 rings (SSSR count). The van der Waals surface area contributed by atoms with Gasteiger partial charge in [0, 0.05) is 12.1 Å². The van der Waals surface area contributed by atoms with E-state index in [-0.39, 0.29) is 10.6 Å². The number of sulfonamides is 1. The van der Waals surface area contributed by atoms with E-state index in [1.54, 1.807) is 0 Å². The number of hydrogen-bond acceptors (Lipinski definition) is 6. The maximum atomic E-state index is 10.8. The average Bonchev–Trinajstić information content (AvgIpc) is 2.15. The number of primary amides is 1. The van der Waals surface area contributed by atoms with Crippen LogP contribution in [0.25, 0.3) is 0 Å². The number of non-ortho nitro benzene ring substituents is 1. The van der Waals surface area contributed by atoms with Crippen molar-refractivity contribution in [3.05, 3.63) is 34.4 Å². The quantitative estimate of drug-likeness (QED) is 0.453. The average molecular weight is 263 g/mol. The minimum absolute atomic E-state index is 0.0295. The van der Waals surface area contributed by atoms with Crippen LogP contribution < -0.4 is 16.0 Å². The van der Waals surface area contributed by atoms with Crippen molar-refractivity contribution < 1.29 is 28.4 Å². The van der Waals surface area contributed by atoms with Crippen LogP contribution >= 0.6 is 0 Å². The molecule has 0 bridgehead atoms. The Balaban J connectivity index is 0.000000557. The molecule has 0 unspecified atom stereocenters. The van der Waals surface area contributed by atoms with Crippen LogP contribution in [0.1, 0.15) is 0 Å². The molecule has 0 saturated heterocycles. The highest BCUT2D eigenvalue weighted by molar-refractivity contribution is 7.84. The van der Waals surface area contributed by atoms with Crippen LogP contribution in [0.4, 0.5) is 10.5 Å². The van der Waals surface area contributed by atoms with Crippen LogP contribution in [0.3, 0.4) is 0 Å². The summed E-state index contributed by atoms with van der Waals surface area (Å²) < 4.78 is 21.7. The van der Waals surface area contributed by atoms with E-state index in [9.17, 15) is 18.5 Å². The fraction of sp³-hybridized carbons (Fsp3) is 0. The van der Waals surface area contributed by atoms with E-state index in [2.05, 4.69) is 10.9 Å². The van der Waals surface area contributed by atoms with Crippen molar-refractivity contribution >= 4 is 21.8 Å². The molecule has 9 nitrogen and oxygen atoms in total. The number of nitro groups is 1. The molecule has 94 valence electrons. The van der Waals surface area contributed by atoms with E-state index < -0.39 is 21.0 Å². The number of carbonyl (C=O) groups excluding carboxylic acids is 1. The number of hydrogen-bond donors (Lipinski definition) is 2. The molecule has 1 aromatic carbocycles. The second kappa shape index (κ2) is 5.77. The molecule has 1 amide bonds. The maximum Gasteiger partial charge on any atom is 0.322 e. The number of nitrogens with two attached hydrogens (primary N) is 1. The standard InChI is InChI=1S/C6H6N2O4S.CH3NO2/c7-13(11,12)6-3-1-5(2-4-6)8(9)10;2-1(3)4/h1-4H,(H2,7,11,12);2H2,(H,3,4). The topological polar surface area (TPSA) is 171 Å². The van der Waals surface area contributed by atoms with E-state index >= 15 is 0 Å². The largest absolute Gasteiger partial charge is 0.530 e.